The zero-order valence-electron chi connectivity index (χ0n) is 9.43. The van der Waals surface area contributed by atoms with Crippen LogP contribution >= 0.6 is 0 Å². The van der Waals surface area contributed by atoms with Gasteiger partial charge in [0.25, 0.3) is 0 Å². The van der Waals surface area contributed by atoms with Crippen LogP contribution in [0.4, 0.5) is 0 Å². The van der Waals surface area contributed by atoms with Crippen molar-refractivity contribution in [3.05, 3.63) is 41.0 Å². The topological polar surface area (TPSA) is 60.7 Å². The standard InChI is InChI=1S/C11H12N4O/c1-7-4-9(5-8(2)13-7)11(16)10-6-12-14-15(10)3/h4-6H,1-3H3. The van der Waals surface area contributed by atoms with Crippen LogP contribution in [0.15, 0.2) is 18.3 Å². The summed E-state index contributed by atoms with van der Waals surface area (Å²) in [5, 5.41) is 7.43. The zero-order valence-corrected chi connectivity index (χ0v) is 9.43. The number of aromatic nitrogens is 4. The molecule has 0 amide bonds. The average Bonchev–Trinajstić information content (AvgIpc) is 2.62. The van der Waals surface area contributed by atoms with Crippen molar-refractivity contribution >= 4 is 5.78 Å². The highest BCUT2D eigenvalue weighted by Gasteiger charge is 2.14. The fraction of sp³-hybridized carbons (Fsp3) is 0.273. The van der Waals surface area contributed by atoms with E-state index in [2.05, 4.69) is 15.3 Å². The molecule has 0 radical (unpaired) electrons. The van der Waals surface area contributed by atoms with Crippen molar-refractivity contribution in [3.63, 3.8) is 0 Å². The lowest BCUT2D eigenvalue weighted by Gasteiger charge is -2.03. The van der Waals surface area contributed by atoms with E-state index in [1.807, 2.05) is 13.8 Å². The van der Waals surface area contributed by atoms with Crippen molar-refractivity contribution in [3.8, 4) is 0 Å². The van der Waals surface area contributed by atoms with Crippen LogP contribution in [0.3, 0.4) is 0 Å². The third-order valence-electron chi connectivity index (χ3n) is 2.29. The highest BCUT2D eigenvalue weighted by atomic mass is 16.1. The molecule has 5 nitrogen and oxygen atoms in total. The molecule has 0 atom stereocenters. The van der Waals surface area contributed by atoms with Gasteiger partial charge in [-0.05, 0) is 26.0 Å². The van der Waals surface area contributed by atoms with Gasteiger partial charge in [0.2, 0.25) is 5.78 Å². The van der Waals surface area contributed by atoms with Crippen LogP contribution in [0.1, 0.15) is 27.4 Å². The monoisotopic (exact) mass is 216 g/mol. The molecule has 5 heteroatoms. The first-order valence-electron chi connectivity index (χ1n) is 4.92. The number of ketones is 1. The minimum absolute atomic E-state index is 0.0823. The van der Waals surface area contributed by atoms with E-state index in [4.69, 9.17) is 0 Å². The molecule has 16 heavy (non-hydrogen) atoms. The smallest absolute Gasteiger partial charge is 0.212 e. The van der Waals surface area contributed by atoms with E-state index in [0.29, 0.717) is 11.3 Å². The van der Waals surface area contributed by atoms with Gasteiger partial charge < -0.3 is 0 Å². The van der Waals surface area contributed by atoms with Crippen LogP contribution < -0.4 is 0 Å². The Kier molecular flexibility index (Phi) is 2.52. The summed E-state index contributed by atoms with van der Waals surface area (Å²) in [5.41, 5.74) is 2.76. The minimum Gasteiger partial charge on any atom is -0.287 e. The molecule has 0 aliphatic heterocycles. The Labute approximate surface area is 93.1 Å². The van der Waals surface area contributed by atoms with Crippen molar-refractivity contribution in [1.29, 1.82) is 0 Å². The van der Waals surface area contributed by atoms with Crippen LogP contribution in [0.25, 0.3) is 0 Å². The first-order valence-corrected chi connectivity index (χ1v) is 4.92. The fourth-order valence-electron chi connectivity index (χ4n) is 1.61. The molecule has 0 fully saturated rings. The maximum atomic E-state index is 12.1. The Morgan fingerprint density at radius 1 is 1.25 bits per heavy atom. The minimum atomic E-state index is -0.0823. The van der Waals surface area contributed by atoms with Crippen molar-refractivity contribution in [2.75, 3.05) is 0 Å². The summed E-state index contributed by atoms with van der Waals surface area (Å²) in [7, 11) is 1.70. The third-order valence-corrected chi connectivity index (χ3v) is 2.29. The van der Waals surface area contributed by atoms with Gasteiger partial charge in [-0.2, -0.15) is 0 Å². The first-order chi connectivity index (χ1) is 7.58. The van der Waals surface area contributed by atoms with E-state index in [1.165, 1.54) is 10.9 Å². The number of aryl methyl sites for hydroxylation is 3. The fourth-order valence-corrected chi connectivity index (χ4v) is 1.61. The number of nitrogens with zero attached hydrogens (tertiary/aromatic N) is 4. The number of hydrogen-bond donors (Lipinski definition) is 0. The number of hydrogen-bond acceptors (Lipinski definition) is 4. The van der Waals surface area contributed by atoms with Crippen LogP contribution in [-0.4, -0.2) is 25.8 Å². The number of pyridine rings is 1. The molecule has 82 valence electrons. The lowest BCUT2D eigenvalue weighted by molar-refractivity contribution is 0.103. The van der Waals surface area contributed by atoms with Crippen LogP contribution in [-0.2, 0) is 7.05 Å². The summed E-state index contributed by atoms with van der Waals surface area (Å²) in [5.74, 6) is -0.0823. The second-order valence-corrected chi connectivity index (χ2v) is 3.71. The molecule has 2 aromatic rings. The molecule has 0 spiro atoms. The predicted molar refractivity (Wildman–Crippen MR) is 58.1 cm³/mol. The van der Waals surface area contributed by atoms with Crippen LogP contribution in [0.2, 0.25) is 0 Å². The summed E-state index contributed by atoms with van der Waals surface area (Å²) in [6, 6.07) is 3.53. The molecule has 0 saturated heterocycles. The largest absolute Gasteiger partial charge is 0.287 e. The van der Waals surface area contributed by atoms with E-state index in [-0.39, 0.29) is 5.78 Å². The zero-order chi connectivity index (χ0) is 11.7. The summed E-state index contributed by atoms with van der Waals surface area (Å²) >= 11 is 0. The lowest BCUT2D eigenvalue weighted by Crippen LogP contribution is -2.09. The van der Waals surface area contributed by atoms with Crippen LogP contribution in [0, 0.1) is 13.8 Å². The number of rotatable bonds is 2. The Bertz CT molecular complexity index is 524. The highest BCUT2D eigenvalue weighted by Crippen LogP contribution is 2.10. The molecule has 0 aliphatic rings. The summed E-state index contributed by atoms with van der Waals surface area (Å²) in [6.07, 6.45) is 1.47. The molecular weight excluding hydrogens is 204 g/mol. The van der Waals surface area contributed by atoms with Crippen molar-refractivity contribution in [2.24, 2.45) is 7.05 Å². The Hall–Kier alpha value is -2.04. The van der Waals surface area contributed by atoms with Gasteiger partial charge in [0.05, 0.1) is 6.20 Å². The molecular formula is C11H12N4O. The molecule has 2 rings (SSSR count). The number of carbonyl (C=O) groups excluding carboxylic acids is 1. The van der Waals surface area contributed by atoms with Gasteiger partial charge in [-0.1, -0.05) is 5.21 Å². The van der Waals surface area contributed by atoms with Crippen LogP contribution in [0.5, 0.6) is 0 Å². The average molecular weight is 216 g/mol. The summed E-state index contributed by atoms with van der Waals surface area (Å²) < 4.78 is 1.47. The second-order valence-electron chi connectivity index (χ2n) is 3.71. The maximum absolute atomic E-state index is 12.1. The van der Waals surface area contributed by atoms with Gasteiger partial charge in [-0.25, -0.2) is 4.68 Å². The molecule has 0 unspecified atom stereocenters. The van der Waals surface area contributed by atoms with Crippen molar-refractivity contribution < 1.29 is 4.79 Å². The van der Waals surface area contributed by atoms with Gasteiger partial charge in [-0.3, -0.25) is 9.78 Å². The molecule has 0 N–H and O–H groups in total. The normalized spacial score (nSPS) is 10.4. The SMILES string of the molecule is Cc1cc(C(=O)c2cnnn2C)cc(C)n1. The quantitative estimate of drug-likeness (QED) is 0.704. The lowest BCUT2D eigenvalue weighted by atomic mass is 10.1. The Balaban J connectivity index is 2.45. The Morgan fingerprint density at radius 2 is 1.88 bits per heavy atom. The molecule has 0 aliphatic carbocycles. The van der Waals surface area contributed by atoms with Gasteiger partial charge in [0.15, 0.2) is 0 Å². The summed E-state index contributed by atoms with van der Waals surface area (Å²) in [4.78, 5) is 16.3. The molecule has 0 bridgehead atoms. The van der Waals surface area contributed by atoms with Crippen molar-refractivity contribution in [2.45, 2.75) is 13.8 Å². The van der Waals surface area contributed by atoms with E-state index in [9.17, 15) is 4.79 Å². The maximum Gasteiger partial charge on any atom is 0.212 e. The van der Waals surface area contributed by atoms with Gasteiger partial charge in [0, 0.05) is 24.0 Å². The van der Waals surface area contributed by atoms with Gasteiger partial charge in [0.1, 0.15) is 5.69 Å². The highest BCUT2D eigenvalue weighted by molar-refractivity contribution is 6.07. The molecule has 0 saturated carbocycles. The number of carbonyl (C=O) groups is 1. The second kappa shape index (κ2) is 3.84. The van der Waals surface area contributed by atoms with E-state index in [0.717, 1.165) is 11.4 Å². The van der Waals surface area contributed by atoms with E-state index < -0.39 is 0 Å². The van der Waals surface area contributed by atoms with Gasteiger partial charge >= 0.3 is 0 Å². The van der Waals surface area contributed by atoms with Crippen molar-refractivity contribution in [1.82, 2.24) is 20.0 Å². The van der Waals surface area contributed by atoms with E-state index in [1.54, 1.807) is 19.2 Å². The Morgan fingerprint density at radius 3 is 2.38 bits per heavy atom. The third kappa shape index (κ3) is 1.84. The molecule has 0 aromatic carbocycles. The molecule has 2 aromatic heterocycles. The first kappa shape index (κ1) is 10.5. The summed E-state index contributed by atoms with van der Waals surface area (Å²) in [6.45, 7) is 3.73. The van der Waals surface area contributed by atoms with Gasteiger partial charge in [-0.15, -0.1) is 5.10 Å². The predicted octanol–water partition coefficient (Wildman–Crippen LogP) is 1.06. The molecule has 2 heterocycles. The van der Waals surface area contributed by atoms with E-state index >= 15 is 0 Å².